The van der Waals surface area contributed by atoms with Gasteiger partial charge in [0.05, 0.1) is 12.1 Å². The van der Waals surface area contributed by atoms with Crippen molar-refractivity contribution in [2.24, 2.45) is 11.8 Å². The SMILES string of the molecule is CCC(C)C(NC(=O)C1CCCCN1C)C(=O)N(C)C(CC(c1nc(C(=O)O)cs1)N(C)C(C)=O)C(C)C.S.S. The van der Waals surface area contributed by atoms with Gasteiger partial charge in [-0.25, -0.2) is 9.78 Å². The molecule has 0 radical (unpaired) electrons. The van der Waals surface area contributed by atoms with Gasteiger partial charge in [-0.3, -0.25) is 19.3 Å². The molecule has 0 aliphatic carbocycles. The molecule has 5 unspecified atom stereocenters. The number of amides is 3. The topological polar surface area (TPSA) is 123 Å². The molecular weight excluding hydrogens is 571 g/mol. The van der Waals surface area contributed by atoms with E-state index in [1.54, 1.807) is 23.9 Å². The highest BCUT2D eigenvalue weighted by Gasteiger charge is 2.37. The lowest BCUT2D eigenvalue weighted by Gasteiger charge is -2.39. The first kappa shape index (κ1) is 38.2. The molecule has 1 saturated heterocycles. The fraction of sp³-hybridized carbons (Fsp3) is 0.741. The minimum absolute atomic E-state index is 0. The summed E-state index contributed by atoms with van der Waals surface area (Å²) in [4.78, 5) is 60.5. The monoisotopic (exact) mass is 619 g/mol. The van der Waals surface area contributed by atoms with Gasteiger partial charge in [-0.05, 0) is 44.7 Å². The van der Waals surface area contributed by atoms with Gasteiger partial charge < -0.3 is 20.2 Å². The number of carboxylic acid groups (broad SMARTS) is 1. The van der Waals surface area contributed by atoms with Gasteiger partial charge in [-0.15, -0.1) is 11.3 Å². The molecule has 40 heavy (non-hydrogen) atoms. The predicted molar refractivity (Wildman–Crippen MR) is 169 cm³/mol. The van der Waals surface area contributed by atoms with Crippen molar-refractivity contribution in [3.05, 3.63) is 16.1 Å². The average Bonchev–Trinajstić information content (AvgIpc) is 3.36. The maximum Gasteiger partial charge on any atom is 0.355 e. The number of piperidine rings is 1. The van der Waals surface area contributed by atoms with Crippen molar-refractivity contribution in [3.8, 4) is 0 Å². The molecule has 230 valence electrons. The van der Waals surface area contributed by atoms with Crippen LogP contribution in [0.4, 0.5) is 0 Å². The Bertz CT molecular complexity index is 992. The minimum atomic E-state index is -1.12. The van der Waals surface area contributed by atoms with Gasteiger partial charge >= 0.3 is 5.97 Å². The van der Waals surface area contributed by atoms with Crippen molar-refractivity contribution in [2.45, 2.75) is 90.9 Å². The molecule has 10 nitrogen and oxygen atoms in total. The van der Waals surface area contributed by atoms with Gasteiger partial charge in [0.15, 0.2) is 5.69 Å². The molecule has 1 aliphatic heterocycles. The van der Waals surface area contributed by atoms with Gasteiger partial charge in [0.1, 0.15) is 11.0 Å². The fourth-order valence-corrected chi connectivity index (χ4v) is 5.96. The van der Waals surface area contributed by atoms with Crippen LogP contribution in [0.1, 0.15) is 88.3 Å². The molecular formula is C27H49N5O5S3. The van der Waals surface area contributed by atoms with Crippen LogP contribution in [0, 0.1) is 11.8 Å². The first-order valence-electron chi connectivity index (χ1n) is 13.5. The van der Waals surface area contributed by atoms with E-state index >= 15 is 0 Å². The Hall–Kier alpha value is -1.83. The van der Waals surface area contributed by atoms with Crippen molar-refractivity contribution in [1.29, 1.82) is 0 Å². The Kier molecular flexibility index (Phi) is 16.4. The third-order valence-corrected chi connectivity index (χ3v) is 8.87. The van der Waals surface area contributed by atoms with Crippen LogP contribution in [0.3, 0.4) is 0 Å². The van der Waals surface area contributed by atoms with Crippen molar-refractivity contribution in [3.63, 3.8) is 0 Å². The molecule has 1 aliphatic rings. The molecule has 1 aromatic heterocycles. The van der Waals surface area contributed by atoms with Crippen LogP contribution >= 0.6 is 38.3 Å². The van der Waals surface area contributed by atoms with Crippen molar-refractivity contribution >= 4 is 62.0 Å². The molecule has 0 bridgehead atoms. The minimum Gasteiger partial charge on any atom is -0.476 e. The van der Waals surface area contributed by atoms with Gasteiger partial charge in [-0.2, -0.15) is 27.0 Å². The predicted octanol–water partition coefficient (Wildman–Crippen LogP) is 3.47. The fourth-order valence-electron chi connectivity index (χ4n) is 5.01. The van der Waals surface area contributed by atoms with Crippen LogP contribution in [0.5, 0.6) is 0 Å². The number of aromatic carboxylic acids is 1. The zero-order chi connectivity index (χ0) is 28.7. The highest BCUT2D eigenvalue weighted by Crippen LogP contribution is 2.32. The first-order chi connectivity index (χ1) is 17.8. The largest absolute Gasteiger partial charge is 0.476 e. The maximum atomic E-state index is 13.9. The standard InChI is InChI=1S/C27H45N5O5S.2H2S/c1-9-17(4)23(29-24(34)20-12-10-11-13-30(20)6)26(35)32(8)21(16(2)3)14-22(31(7)18(5)33)25-28-19(15-38-25)27(36)37;;/h15-17,20-23H,9-14H2,1-8H3,(H,29,34)(H,36,37);2*1H2. The third kappa shape index (κ3) is 9.63. The van der Waals surface area contributed by atoms with Crippen molar-refractivity contribution in [2.75, 3.05) is 27.7 Å². The summed E-state index contributed by atoms with van der Waals surface area (Å²) in [5, 5.41) is 14.4. The van der Waals surface area contributed by atoms with E-state index < -0.39 is 18.1 Å². The molecule has 13 heteroatoms. The summed E-state index contributed by atoms with van der Waals surface area (Å²) in [5.41, 5.74) is -0.0651. The Labute approximate surface area is 257 Å². The van der Waals surface area contributed by atoms with Gasteiger partial charge in [0, 0.05) is 32.4 Å². The molecule has 2 heterocycles. The van der Waals surface area contributed by atoms with E-state index in [0.29, 0.717) is 11.4 Å². The lowest BCUT2D eigenvalue weighted by molar-refractivity contribution is -0.141. The number of likely N-dealkylation sites (N-methyl/N-ethyl adjacent to an activating group) is 2. The van der Waals surface area contributed by atoms with Crippen molar-refractivity contribution in [1.82, 2.24) is 25.0 Å². The van der Waals surface area contributed by atoms with Crippen LogP contribution < -0.4 is 5.32 Å². The summed E-state index contributed by atoms with van der Waals surface area (Å²) in [6.45, 7) is 10.3. The Morgan fingerprint density at radius 2 is 1.77 bits per heavy atom. The zero-order valence-electron chi connectivity index (χ0n) is 25.1. The highest BCUT2D eigenvalue weighted by molar-refractivity contribution is 7.59. The molecule has 0 aromatic carbocycles. The smallest absolute Gasteiger partial charge is 0.355 e. The molecule has 1 aromatic rings. The molecule has 2 N–H and O–H groups in total. The summed E-state index contributed by atoms with van der Waals surface area (Å²) < 4.78 is 0. The quantitative estimate of drug-likeness (QED) is 0.367. The van der Waals surface area contributed by atoms with E-state index in [2.05, 4.69) is 15.2 Å². The van der Waals surface area contributed by atoms with E-state index in [9.17, 15) is 24.3 Å². The number of carbonyl (C=O) groups excluding carboxylic acids is 3. The lowest BCUT2D eigenvalue weighted by Crippen LogP contribution is -2.58. The van der Waals surface area contributed by atoms with E-state index in [-0.39, 0.29) is 74.3 Å². The van der Waals surface area contributed by atoms with Crippen LogP contribution in [0.15, 0.2) is 5.38 Å². The number of hydrogen-bond donors (Lipinski definition) is 2. The second-order valence-corrected chi connectivity index (χ2v) is 11.8. The van der Waals surface area contributed by atoms with E-state index in [1.165, 1.54) is 23.6 Å². The number of rotatable bonds is 12. The number of nitrogens with zero attached hydrogens (tertiary/aromatic N) is 4. The number of thiazole rings is 1. The lowest BCUT2D eigenvalue weighted by atomic mass is 9.91. The molecule has 1 fully saturated rings. The van der Waals surface area contributed by atoms with Crippen LogP contribution in [0.2, 0.25) is 0 Å². The summed E-state index contributed by atoms with van der Waals surface area (Å²) in [6.07, 6.45) is 3.94. The number of carbonyl (C=O) groups is 4. The van der Waals surface area contributed by atoms with E-state index in [1.807, 2.05) is 34.7 Å². The number of aromatic nitrogens is 1. The number of carboxylic acids is 1. The maximum absolute atomic E-state index is 13.9. The second-order valence-electron chi connectivity index (χ2n) is 10.9. The van der Waals surface area contributed by atoms with Gasteiger partial charge in [0.2, 0.25) is 17.7 Å². The number of nitrogens with one attached hydrogen (secondary N) is 1. The Morgan fingerprint density at radius 3 is 2.25 bits per heavy atom. The van der Waals surface area contributed by atoms with Crippen molar-refractivity contribution < 1.29 is 24.3 Å². The van der Waals surface area contributed by atoms with E-state index in [0.717, 1.165) is 32.2 Å². The average molecular weight is 620 g/mol. The van der Waals surface area contributed by atoms with Crippen LogP contribution in [0.25, 0.3) is 0 Å². The van der Waals surface area contributed by atoms with Crippen LogP contribution in [-0.2, 0) is 14.4 Å². The molecule has 5 atom stereocenters. The second kappa shape index (κ2) is 17.2. The summed E-state index contributed by atoms with van der Waals surface area (Å²) in [5.74, 6) is -1.62. The highest BCUT2D eigenvalue weighted by atomic mass is 32.1. The molecule has 2 rings (SSSR count). The summed E-state index contributed by atoms with van der Waals surface area (Å²) >= 11 is 1.19. The normalized spacial score (nSPS) is 18.4. The molecule has 3 amide bonds. The Morgan fingerprint density at radius 1 is 1.15 bits per heavy atom. The number of hydrogen-bond acceptors (Lipinski definition) is 7. The van der Waals surface area contributed by atoms with Gasteiger partial charge in [0.25, 0.3) is 0 Å². The number of likely N-dealkylation sites (tertiary alicyclic amines) is 1. The van der Waals surface area contributed by atoms with Crippen LogP contribution in [-0.4, -0.2) is 94.3 Å². The summed E-state index contributed by atoms with van der Waals surface area (Å²) in [7, 11) is 5.36. The Balaban J connectivity index is 0.00000760. The third-order valence-electron chi connectivity index (χ3n) is 7.92. The molecule has 0 saturated carbocycles. The van der Waals surface area contributed by atoms with Gasteiger partial charge in [-0.1, -0.05) is 40.5 Å². The molecule has 0 spiro atoms. The first-order valence-corrected chi connectivity index (χ1v) is 14.4. The zero-order valence-corrected chi connectivity index (χ0v) is 27.9. The summed E-state index contributed by atoms with van der Waals surface area (Å²) in [6, 6.07) is -1.69. The van der Waals surface area contributed by atoms with E-state index in [4.69, 9.17) is 0 Å².